The number of piperidine rings is 1. The first-order valence-electron chi connectivity index (χ1n) is 10.6. The summed E-state index contributed by atoms with van der Waals surface area (Å²) in [7, 11) is -3.39. The van der Waals surface area contributed by atoms with Gasteiger partial charge in [-0.15, -0.1) is 0 Å². The van der Waals surface area contributed by atoms with Crippen LogP contribution >= 0.6 is 23.2 Å². The summed E-state index contributed by atoms with van der Waals surface area (Å²) in [6.45, 7) is 0.366. The quantitative estimate of drug-likeness (QED) is 0.559. The summed E-state index contributed by atoms with van der Waals surface area (Å²) in [4.78, 5) is 17.0. The fourth-order valence-corrected chi connectivity index (χ4v) is 6.54. The normalized spacial score (nSPS) is 18.8. The minimum Gasteiger partial charge on any atom is -0.351 e. The fraction of sp³-hybridized carbons (Fsp3) is 0.455. The van der Waals surface area contributed by atoms with E-state index in [4.69, 9.17) is 23.2 Å². The molecule has 0 atom stereocenters. The number of benzene rings is 1. The number of nitrogens with one attached hydrogen (secondary N) is 1. The van der Waals surface area contributed by atoms with Gasteiger partial charge in [-0.25, -0.2) is 21.5 Å². The first-order valence-corrected chi connectivity index (χ1v) is 13.0. The van der Waals surface area contributed by atoms with Gasteiger partial charge in [-0.1, -0.05) is 23.2 Å². The Labute approximate surface area is 201 Å². The molecule has 1 saturated carbocycles. The van der Waals surface area contributed by atoms with Gasteiger partial charge in [0.15, 0.2) is 0 Å². The molecule has 1 amide bonds. The van der Waals surface area contributed by atoms with E-state index in [2.05, 4.69) is 10.3 Å². The van der Waals surface area contributed by atoms with E-state index < -0.39 is 33.0 Å². The summed E-state index contributed by atoms with van der Waals surface area (Å²) in [6, 6.07) is 4.84. The zero-order chi connectivity index (χ0) is 23.8. The van der Waals surface area contributed by atoms with Crippen molar-refractivity contribution in [3.8, 4) is 0 Å². The van der Waals surface area contributed by atoms with Crippen molar-refractivity contribution in [3.05, 3.63) is 63.4 Å². The van der Waals surface area contributed by atoms with Gasteiger partial charge in [-0.2, -0.15) is 0 Å². The second kappa shape index (κ2) is 9.44. The lowest BCUT2D eigenvalue weighted by molar-refractivity contribution is 0.0930. The van der Waals surface area contributed by atoms with E-state index in [9.17, 15) is 22.0 Å². The average molecular weight is 518 g/mol. The van der Waals surface area contributed by atoms with Gasteiger partial charge in [0.05, 0.1) is 27.1 Å². The highest BCUT2D eigenvalue weighted by atomic mass is 35.5. The molecule has 2 aliphatic rings. The van der Waals surface area contributed by atoms with Gasteiger partial charge < -0.3 is 5.32 Å². The summed E-state index contributed by atoms with van der Waals surface area (Å²) in [5, 5.41) is 2.49. The maximum Gasteiger partial charge on any atom is 0.252 e. The molecule has 178 valence electrons. The van der Waals surface area contributed by atoms with Crippen molar-refractivity contribution in [1.82, 2.24) is 14.6 Å². The van der Waals surface area contributed by atoms with E-state index in [0.29, 0.717) is 0 Å². The molecule has 33 heavy (non-hydrogen) atoms. The molecular weight excluding hydrogens is 495 g/mol. The third kappa shape index (κ3) is 5.31. The van der Waals surface area contributed by atoms with Gasteiger partial charge in [-0.05, 0) is 55.9 Å². The van der Waals surface area contributed by atoms with Crippen LogP contribution < -0.4 is 5.32 Å². The van der Waals surface area contributed by atoms with Gasteiger partial charge in [0.2, 0.25) is 10.0 Å². The average Bonchev–Trinajstić information content (AvgIpc) is 3.58. The van der Waals surface area contributed by atoms with Crippen LogP contribution in [0.25, 0.3) is 0 Å². The third-order valence-corrected chi connectivity index (χ3v) is 8.97. The molecule has 1 N–H and O–H groups in total. The van der Waals surface area contributed by atoms with Crippen LogP contribution in [0.1, 0.15) is 41.7 Å². The van der Waals surface area contributed by atoms with E-state index in [1.54, 1.807) is 0 Å². The van der Waals surface area contributed by atoms with Gasteiger partial charge >= 0.3 is 0 Å². The fourth-order valence-electron chi connectivity index (χ4n) is 4.19. The maximum atomic E-state index is 14.7. The summed E-state index contributed by atoms with van der Waals surface area (Å²) in [5.74, 6) is -1.61. The minimum atomic E-state index is -3.39. The molecule has 1 saturated heterocycles. The van der Waals surface area contributed by atoms with Crippen molar-refractivity contribution in [2.75, 3.05) is 25.4 Å². The van der Waals surface area contributed by atoms with Crippen molar-refractivity contribution in [2.24, 2.45) is 5.92 Å². The summed E-state index contributed by atoms with van der Waals surface area (Å²) < 4.78 is 55.5. The molecule has 1 aliphatic carbocycles. The van der Waals surface area contributed by atoms with Crippen molar-refractivity contribution < 1.29 is 22.0 Å². The highest BCUT2D eigenvalue weighted by Crippen LogP contribution is 2.38. The number of halogens is 4. The number of aromatic nitrogens is 1. The van der Waals surface area contributed by atoms with Crippen LogP contribution in [0.15, 0.2) is 30.5 Å². The Kier molecular flexibility index (Phi) is 6.96. The van der Waals surface area contributed by atoms with E-state index >= 15 is 0 Å². The lowest BCUT2D eigenvalue weighted by atomic mass is 9.75. The van der Waals surface area contributed by atoms with Gasteiger partial charge in [0.1, 0.15) is 11.6 Å². The molecule has 4 rings (SSSR count). The van der Waals surface area contributed by atoms with Gasteiger partial charge in [0, 0.05) is 31.2 Å². The Morgan fingerprint density at radius 2 is 1.85 bits per heavy atom. The number of hydrogen-bond acceptors (Lipinski definition) is 4. The third-order valence-electron chi connectivity index (χ3n) is 6.32. The molecule has 11 heteroatoms. The molecule has 0 radical (unpaired) electrons. The van der Waals surface area contributed by atoms with Crippen molar-refractivity contribution in [1.29, 1.82) is 0 Å². The number of sulfonamides is 1. The second-order valence-electron chi connectivity index (χ2n) is 8.66. The van der Waals surface area contributed by atoms with E-state index in [1.807, 2.05) is 0 Å². The lowest BCUT2D eigenvalue weighted by Gasteiger charge is -2.41. The van der Waals surface area contributed by atoms with Crippen molar-refractivity contribution in [3.63, 3.8) is 0 Å². The molecule has 2 heterocycles. The Morgan fingerprint density at radius 1 is 1.15 bits per heavy atom. The van der Waals surface area contributed by atoms with Gasteiger partial charge in [0.25, 0.3) is 5.91 Å². The van der Waals surface area contributed by atoms with Crippen molar-refractivity contribution >= 4 is 39.1 Å². The summed E-state index contributed by atoms with van der Waals surface area (Å²) >= 11 is 11.8. The number of carbonyl (C=O) groups excluding carboxylic acids is 1. The van der Waals surface area contributed by atoms with Crippen LogP contribution in [0.2, 0.25) is 10.0 Å². The summed E-state index contributed by atoms with van der Waals surface area (Å²) in [5.41, 5.74) is -0.859. The van der Waals surface area contributed by atoms with Crippen LogP contribution in [-0.4, -0.2) is 49.0 Å². The number of hydrogen-bond donors (Lipinski definition) is 1. The largest absolute Gasteiger partial charge is 0.351 e. The van der Waals surface area contributed by atoms with E-state index in [1.165, 1.54) is 22.6 Å². The molecule has 0 unspecified atom stereocenters. The molecule has 2 fully saturated rings. The maximum absolute atomic E-state index is 14.7. The number of carbonyl (C=O) groups is 1. The molecular formula is C22H23Cl2F2N3O3S. The zero-order valence-electron chi connectivity index (χ0n) is 17.7. The molecule has 0 bridgehead atoms. The van der Waals surface area contributed by atoms with Crippen LogP contribution in [0.4, 0.5) is 8.78 Å². The highest BCUT2D eigenvalue weighted by molar-refractivity contribution is 7.89. The predicted octanol–water partition coefficient (Wildman–Crippen LogP) is 4.17. The number of nitrogens with zero attached hydrogens (tertiary/aromatic N) is 2. The van der Waals surface area contributed by atoms with Crippen LogP contribution in [0, 0.1) is 17.6 Å². The number of amides is 1. The van der Waals surface area contributed by atoms with E-state index in [0.717, 1.165) is 25.0 Å². The molecule has 1 aromatic heterocycles. The van der Waals surface area contributed by atoms with E-state index in [-0.39, 0.29) is 65.4 Å². The second-order valence-corrected chi connectivity index (χ2v) is 11.5. The lowest BCUT2D eigenvalue weighted by Crippen LogP contribution is -2.51. The first kappa shape index (κ1) is 24.3. The standard InChI is InChI=1S/C22H23Cl2F2N3O3S/c23-16-11-17(24)19(26)10-15(16)21(30)28-13-22(20-18(25)2-1-7-27-20)5-8-29(9-6-22)33(31,32)12-14-3-4-14/h1-2,7,10-11,14H,3-6,8-9,12-13H2,(H,28,30). The van der Waals surface area contributed by atoms with Crippen LogP contribution in [-0.2, 0) is 15.4 Å². The predicted molar refractivity (Wildman–Crippen MR) is 122 cm³/mol. The molecule has 6 nitrogen and oxygen atoms in total. The SMILES string of the molecule is O=C(NCC1(c2ncccc2F)CCN(S(=O)(=O)CC2CC2)CC1)c1cc(F)c(Cl)cc1Cl. The Bertz CT molecular complexity index is 1170. The Balaban J connectivity index is 1.55. The van der Waals surface area contributed by atoms with Crippen LogP contribution in [0.5, 0.6) is 0 Å². The molecule has 0 spiro atoms. The topological polar surface area (TPSA) is 79.4 Å². The molecule has 1 aromatic carbocycles. The molecule has 2 aromatic rings. The Morgan fingerprint density at radius 3 is 2.48 bits per heavy atom. The molecule has 1 aliphatic heterocycles. The number of rotatable bonds is 7. The van der Waals surface area contributed by atoms with Crippen molar-refractivity contribution in [2.45, 2.75) is 31.1 Å². The summed E-state index contributed by atoms with van der Waals surface area (Å²) in [6.07, 6.45) is 3.86. The van der Waals surface area contributed by atoms with Gasteiger partial charge in [-0.3, -0.25) is 9.78 Å². The van der Waals surface area contributed by atoms with Crippen LogP contribution in [0.3, 0.4) is 0 Å². The zero-order valence-corrected chi connectivity index (χ0v) is 20.0. The highest BCUT2D eigenvalue weighted by Gasteiger charge is 2.43. The first-order chi connectivity index (χ1) is 15.6. The Hall–Kier alpha value is -1.81. The number of pyridine rings is 1. The minimum absolute atomic E-state index is 0.0158. The smallest absolute Gasteiger partial charge is 0.252 e. The monoisotopic (exact) mass is 517 g/mol.